The van der Waals surface area contributed by atoms with Gasteiger partial charge in [0.25, 0.3) is 0 Å². The molecule has 9 heteroatoms. The quantitative estimate of drug-likeness (QED) is 0.790. The molecule has 2 amide bonds. The molecule has 0 aromatic heterocycles. The predicted molar refractivity (Wildman–Crippen MR) is 62.1 cm³/mol. The number of urea groups is 1. The normalized spacial score (nSPS) is 19.2. The van der Waals surface area contributed by atoms with Crippen molar-refractivity contribution in [1.29, 1.82) is 0 Å². The van der Waals surface area contributed by atoms with Crippen LogP contribution in [0.15, 0.2) is 0 Å². The van der Waals surface area contributed by atoms with Gasteiger partial charge in [0.05, 0.1) is 13.0 Å². The van der Waals surface area contributed by atoms with E-state index in [2.05, 4.69) is 0 Å². The minimum atomic E-state index is -4.56. The number of carboxylic acid groups (broad SMARTS) is 1. The highest BCUT2D eigenvalue weighted by atomic mass is 19.4. The van der Waals surface area contributed by atoms with Crippen molar-refractivity contribution in [2.45, 2.75) is 31.5 Å². The van der Waals surface area contributed by atoms with Gasteiger partial charge in [0.15, 0.2) is 0 Å². The molecule has 20 heavy (non-hydrogen) atoms. The van der Waals surface area contributed by atoms with Crippen LogP contribution in [-0.4, -0.2) is 70.5 Å². The fourth-order valence-corrected chi connectivity index (χ4v) is 2.26. The number of carboxylic acids is 1. The monoisotopic (exact) mass is 298 g/mol. The van der Waals surface area contributed by atoms with Crippen LogP contribution in [0.2, 0.25) is 0 Å². The number of carbonyl (C=O) groups is 2. The van der Waals surface area contributed by atoms with Crippen molar-refractivity contribution in [3.8, 4) is 0 Å². The lowest BCUT2D eigenvalue weighted by Crippen LogP contribution is -2.49. The third kappa shape index (κ3) is 4.87. The number of carbonyl (C=O) groups excluding carboxylic acids is 1. The topological polar surface area (TPSA) is 81.1 Å². The van der Waals surface area contributed by atoms with Gasteiger partial charge in [0, 0.05) is 19.1 Å². The predicted octanol–water partition coefficient (Wildman–Crippen LogP) is 0.902. The molecule has 1 rings (SSSR count). The van der Waals surface area contributed by atoms with E-state index in [1.807, 2.05) is 0 Å². The molecule has 116 valence electrons. The molecule has 0 radical (unpaired) electrons. The molecule has 0 aromatic rings. The van der Waals surface area contributed by atoms with Gasteiger partial charge in [0.1, 0.15) is 6.54 Å². The van der Waals surface area contributed by atoms with Crippen molar-refractivity contribution in [1.82, 2.24) is 9.80 Å². The summed E-state index contributed by atoms with van der Waals surface area (Å²) in [6, 6.07) is -1.46. The maximum atomic E-state index is 12.4. The van der Waals surface area contributed by atoms with E-state index in [0.29, 0.717) is 17.7 Å². The van der Waals surface area contributed by atoms with Crippen LogP contribution < -0.4 is 0 Å². The molecule has 1 unspecified atom stereocenters. The Bertz CT molecular complexity index is 362. The van der Waals surface area contributed by atoms with E-state index < -0.39 is 43.9 Å². The lowest BCUT2D eigenvalue weighted by molar-refractivity contribution is -0.143. The number of halogens is 3. The summed E-state index contributed by atoms with van der Waals surface area (Å²) in [5, 5.41) is 17.5. The molecule has 1 aliphatic heterocycles. The number of hydrogen-bond acceptors (Lipinski definition) is 3. The smallest absolute Gasteiger partial charge is 0.406 e. The van der Waals surface area contributed by atoms with Crippen LogP contribution in [0.3, 0.4) is 0 Å². The standard InChI is InChI=1S/C11H17F3N2O4/c12-11(13,14)7-15(4-5-17)10(20)16-3-1-2-8(16)6-9(18)19/h8,17H,1-7H2,(H,18,19). The Morgan fingerprint density at radius 3 is 2.50 bits per heavy atom. The third-order valence-corrected chi connectivity index (χ3v) is 3.04. The van der Waals surface area contributed by atoms with Gasteiger partial charge in [-0.3, -0.25) is 4.79 Å². The van der Waals surface area contributed by atoms with E-state index in [-0.39, 0.29) is 13.0 Å². The molecule has 0 aromatic carbocycles. The Morgan fingerprint density at radius 1 is 1.35 bits per heavy atom. The summed E-state index contributed by atoms with van der Waals surface area (Å²) in [5.74, 6) is -1.10. The molecule has 1 atom stereocenters. The number of likely N-dealkylation sites (tertiary alicyclic amines) is 1. The zero-order valence-electron chi connectivity index (χ0n) is 10.8. The first-order valence-corrected chi connectivity index (χ1v) is 6.19. The van der Waals surface area contributed by atoms with Crippen molar-refractivity contribution in [2.24, 2.45) is 0 Å². The first kappa shape index (κ1) is 16.5. The zero-order chi connectivity index (χ0) is 15.3. The molecule has 0 spiro atoms. The van der Waals surface area contributed by atoms with Crippen molar-refractivity contribution >= 4 is 12.0 Å². The maximum Gasteiger partial charge on any atom is 0.406 e. The molecule has 0 saturated carbocycles. The van der Waals surface area contributed by atoms with Gasteiger partial charge in [0.2, 0.25) is 0 Å². The molecule has 1 aliphatic rings. The summed E-state index contributed by atoms with van der Waals surface area (Å²) in [6.45, 7) is -2.24. The van der Waals surface area contributed by atoms with Gasteiger partial charge in [-0.05, 0) is 12.8 Å². The maximum absolute atomic E-state index is 12.4. The second-order valence-corrected chi connectivity index (χ2v) is 4.63. The van der Waals surface area contributed by atoms with Gasteiger partial charge in [-0.25, -0.2) is 4.79 Å². The lowest BCUT2D eigenvalue weighted by Gasteiger charge is -2.31. The molecule has 1 saturated heterocycles. The third-order valence-electron chi connectivity index (χ3n) is 3.04. The number of aliphatic hydroxyl groups excluding tert-OH is 1. The number of alkyl halides is 3. The summed E-state index contributed by atoms with van der Waals surface area (Å²) in [7, 11) is 0. The van der Waals surface area contributed by atoms with Crippen molar-refractivity contribution in [3.63, 3.8) is 0 Å². The van der Waals surface area contributed by atoms with Gasteiger partial charge in [-0.2, -0.15) is 13.2 Å². The SMILES string of the molecule is O=C(O)CC1CCCN1C(=O)N(CCO)CC(F)(F)F. The Hall–Kier alpha value is -1.51. The van der Waals surface area contributed by atoms with E-state index in [0.717, 1.165) is 4.90 Å². The van der Waals surface area contributed by atoms with Gasteiger partial charge in [-0.15, -0.1) is 0 Å². The molecule has 1 heterocycles. The molecule has 0 aliphatic carbocycles. The molecule has 2 N–H and O–H groups in total. The second kappa shape index (κ2) is 6.78. The van der Waals surface area contributed by atoms with Crippen LogP contribution in [0.4, 0.5) is 18.0 Å². The first-order chi connectivity index (χ1) is 9.24. The Morgan fingerprint density at radius 2 is 2.00 bits per heavy atom. The van der Waals surface area contributed by atoms with Gasteiger partial charge in [-0.1, -0.05) is 0 Å². The number of aliphatic hydroxyl groups is 1. The first-order valence-electron chi connectivity index (χ1n) is 6.19. The molecule has 6 nitrogen and oxygen atoms in total. The lowest BCUT2D eigenvalue weighted by atomic mass is 10.1. The van der Waals surface area contributed by atoms with Crippen LogP contribution in [0.1, 0.15) is 19.3 Å². The van der Waals surface area contributed by atoms with Crippen molar-refractivity contribution in [3.05, 3.63) is 0 Å². The highest BCUT2D eigenvalue weighted by Crippen LogP contribution is 2.23. The van der Waals surface area contributed by atoms with Crippen LogP contribution >= 0.6 is 0 Å². The Kier molecular flexibility index (Phi) is 5.61. The summed E-state index contributed by atoms with van der Waals surface area (Å²) in [6.07, 6.45) is -3.84. The molecular formula is C11H17F3N2O4. The fraction of sp³-hybridized carbons (Fsp3) is 0.818. The molecule has 1 fully saturated rings. The van der Waals surface area contributed by atoms with Crippen molar-refractivity contribution in [2.75, 3.05) is 26.2 Å². The van der Waals surface area contributed by atoms with E-state index in [4.69, 9.17) is 10.2 Å². The van der Waals surface area contributed by atoms with Crippen LogP contribution in [0.25, 0.3) is 0 Å². The van der Waals surface area contributed by atoms with E-state index in [1.165, 1.54) is 0 Å². The van der Waals surface area contributed by atoms with E-state index in [1.54, 1.807) is 0 Å². The second-order valence-electron chi connectivity index (χ2n) is 4.63. The Labute approximate surface area is 113 Å². The number of nitrogens with zero attached hydrogens (tertiary/aromatic N) is 2. The summed E-state index contributed by atoms with van der Waals surface area (Å²) in [5.41, 5.74) is 0. The number of amides is 2. The number of hydrogen-bond donors (Lipinski definition) is 2. The average molecular weight is 298 g/mol. The summed E-state index contributed by atoms with van der Waals surface area (Å²) >= 11 is 0. The Balaban J connectivity index is 2.74. The largest absolute Gasteiger partial charge is 0.481 e. The number of rotatable bonds is 5. The fourth-order valence-electron chi connectivity index (χ4n) is 2.26. The van der Waals surface area contributed by atoms with E-state index in [9.17, 15) is 22.8 Å². The zero-order valence-corrected chi connectivity index (χ0v) is 10.8. The van der Waals surface area contributed by atoms with Gasteiger partial charge < -0.3 is 20.0 Å². The highest BCUT2D eigenvalue weighted by molar-refractivity contribution is 5.76. The minimum absolute atomic E-state index is 0.233. The van der Waals surface area contributed by atoms with Gasteiger partial charge >= 0.3 is 18.2 Å². The van der Waals surface area contributed by atoms with Crippen LogP contribution in [0.5, 0.6) is 0 Å². The highest BCUT2D eigenvalue weighted by Gasteiger charge is 2.38. The average Bonchev–Trinajstić information content (AvgIpc) is 2.73. The van der Waals surface area contributed by atoms with Crippen LogP contribution in [-0.2, 0) is 4.79 Å². The molecule has 0 bridgehead atoms. The van der Waals surface area contributed by atoms with E-state index >= 15 is 0 Å². The summed E-state index contributed by atoms with van der Waals surface area (Å²) < 4.78 is 37.2. The molecular weight excluding hydrogens is 281 g/mol. The minimum Gasteiger partial charge on any atom is -0.481 e. The summed E-state index contributed by atoms with van der Waals surface area (Å²) in [4.78, 5) is 24.4. The van der Waals surface area contributed by atoms with Crippen molar-refractivity contribution < 1.29 is 33.0 Å². The number of aliphatic carboxylic acids is 1. The van der Waals surface area contributed by atoms with Crippen LogP contribution in [0, 0.1) is 0 Å².